The summed E-state index contributed by atoms with van der Waals surface area (Å²) in [6.45, 7) is 6.65. The van der Waals surface area contributed by atoms with Crippen LogP contribution in [0.2, 0.25) is 0 Å². The molecule has 170 valence electrons. The highest BCUT2D eigenvalue weighted by Crippen LogP contribution is 2.38. The lowest BCUT2D eigenvalue weighted by atomic mass is 9.85. The van der Waals surface area contributed by atoms with Crippen molar-refractivity contribution in [2.75, 3.05) is 6.54 Å². The summed E-state index contributed by atoms with van der Waals surface area (Å²) in [6.07, 6.45) is 6.22. The minimum atomic E-state index is 0.989. The van der Waals surface area contributed by atoms with Gasteiger partial charge in [0, 0.05) is 6.54 Å². The van der Waals surface area contributed by atoms with Crippen LogP contribution in [0.5, 0.6) is 0 Å². The quantitative estimate of drug-likeness (QED) is 0.340. The second-order valence-electron chi connectivity index (χ2n) is 10.1. The van der Waals surface area contributed by atoms with Crippen LogP contribution in [0.1, 0.15) is 46.2 Å². The lowest BCUT2D eigenvalue weighted by Gasteiger charge is -2.20. The maximum Gasteiger partial charge on any atom is 0.0208 e. The van der Waals surface area contributed by atoms with Crippen molar-refractivity contribution in [2.24, 2.45) is 0 Å². The van der Waals surface area contributed by atoms with Crippen LogP contribution in [0.4, 0.5) is 0 Å². The van der Waals surface area contributed by atoms with Gasteiger partial charge in [-0.3, -0.25) is 0 Å². The summed E-state index contributed by atoms with van der Waals surface area (Å²) in [4.78, 5) is 0. The highest BCUT2D eigenvalue weighted by Gasteiger charge is 2.16. The molecule has 0 unspecified atom stereocenters. The fraction of sp³-hybridized carbons (Fsp3) is 0.273. The molecule has 1 aliphatic heterocycles. The summed E-state index contributed by atoms with van der Waals surface area (Å²) < 4.78 is 0. The topological polar surface area (TPSA) is 12.0 Å². The van der Waals surface area contributed by atoms with Crippen molar-refractivity contribution in [3.05, 3.63) is 106 Å². The van der Waals surface area contributed by atoms with Gasteiger partial charge < -0.3 is 5.32 Å². The third-order valence-corrected chi connectivity index (χ3v) is 8.02. The van der Waals surface area contributed by atoms with Gasteiger partial charge in [0.1, 0.15) is 0 Å². The molecular weight excluding hydrogens is 410 g/mol. The summed E-state index contributed by atoms with van der Waals surface area (Å²) >= 11 is 0. The summed E-state index contributed by atoms with van der Waals surface area (Å²) in [5.74, 6) is 0. The fourth-order valence-corrected chi connectivity index (χ4v) is 6.03. The molecule has 6 rings (SSSR count). The second kappa shape index (κ2) is 8.89. The lowest BCUT2D eigenvalue weighted by Crippen LogP contribution is -2.23. The van der Waals surface area contributed by atoms with Gasteiger partial charge in [-0.05, 0) is 119 Å². The molecule has 0 atom stereocenters. The van der Waals surface area contributed by atoms with Gasteiger partial charge in [0.25, 0.3) is 0 Å². The van der Waals surface area contributed by atoms with Gasteiger partial charge in [0.05, 0.1) is 0 Å². The molecule has 4 aromatic rings. The molecule has 1 heteroatoms. The van der Waals surface area contributed by atoms with Crippen LogP contribution in [0.15, 0.2) is 72.8 Å². The Hall–Kier alpha value is -3.16. The number of rotatable bonds is 3. The van der Waals surface area contributed by atoms with Crippen LogP contribution >= 0.6 is 0 Å². The van der Waals surface area contributed by atoms with E-state index in [1.807, 2.05) is 0 Å². The van der Waals surface area contributed by atoms with Crippen LogP contribution in [-0.2, 0) is 25.8 Å². The van der Waals surface area contributed by atoms with Gasteiger partial charge >= 0.3 is 0 Å². The first-order valence-corrected chi connectivity index (χ1v) is 12.8. The average Bonchev–Trinajstić information content (AvgIpc) is 2.89. The van der Waals surface area contributed by atoms with Crippen molar-refractivity contribution < 1.29 is 0 Å². The first-order valence-electron chi connectivity index (χ1n) is 12.8. The fourth-order valence-electron chi connectivity index (χ4n) is 6.03. The van der Waals surface area contributed by atoms with E-state index in [0.717, 1.165) is 19.5 Å². The molecule has 1 heterocycles. The number of fused-ring (bicyclic) bond motifs is 2. The van der Waals surface area contributed by atoms with Gasteiger partial charge in [0.2, 0.25) is 0 Å². The van der Waals surface area contributed by atoms with Gasteiger partial charge in [-0.15, -0.1) is 0 Å². The molecule has 2 aliphatic rings. The van der Waals surface area contributed by atoms with E-state index in [2.05, 4.69) is 92.0 Å². The second-order valence-corrected chi connectivity index (χ2v) is 10.1. The number of hydrogen-bond donors (Lipinski definition) is 1. The highest BCUT2D eigenvalue weighted by molar-refractivity contribution is 5.84. The molecule has 0 radical (unpaired) electrons. The van der Waals surface area contributed by atoms with Crippen LogP contribution in [0.25, 0.3) is 33.4 Å². The third-order valence-electron chi connectivity index (χ3n) is 8.02. The molecule has 0 saturated carbocycles. The molecule has 0 aromatic heterocycles. The van der Waals surface area contributed by atoms with Crippen molar-refractivity contribution in [2.45, 2.75) is 52.5 Å². The number of benzene rings is 4. The van der Waals surface area contributed by atoms with E-state index in [0.29, 0.717) is 0 Å². The van der Waals surface area contributed by atoms with Crippen molar-refractivity contribution in [3.63, 3.8) is 0 Å². The zero-order valence-corrected chi connectivity index (χ0v) is 20.4. The first-order chi connectivity index (χ1) is 16.7. The smallest absolute Gasteiger partial charge is 0.0208 e. The van der Waals surface area contributed by atoms with E-state index in [1.54, 1.807) is 11.1 Å². The molecule has 4 aromatic carbocycles. The number of hydrogen-bond acceptors (Lipinski definition) is 1. The Balaban J connectivity index is 1.42. The Kier molecular flexibility index (Phi) is 5.59. The van der Waals surface area contributed by atoms with E-state index in [-0.39, 0.29) is 0 Å². The largest absolute Gasteiger partial charge is 0.312 e. The Bertz CT molecular complexity index is 1270. The van der Waals surface area contributed by atoms with Crippen LogP contribution < -0.4 is 5.32 Å². The van der Waals surface area contributed by atoms with Crippen LogP contribution in [-0.4, -0.2) is 6.54 Å². The average molecular weight is 444 g/mol. The van der Waals surface area contributed by atoms with Gasteiger partial charge in [0.15, 0.2) is 0 Å². The number of aryl methyl sites for hydroxylation is 2. The van der Waals surface area contributed by atoms with Crippen molar-refractivity contribution >= 4 is 0 Å². The predicted octanol–water partition coefficient (Wildman–Crippen LogP) is 7.83. The Morgan fingerprint density at radius 1 is 0.529 bits per heavy atom. The van der Waals surface area contributed by atoms with Crippen LogP contribution in [0.3, 0.4) is 0 Å². The molecule has 1 nitrogen and oxygen atoms in total. The molecular formula is C33H33N. The minimum Gasteiger partial charge on any atom is -0.312 e. The molecule has 0 amide bonds. The summed E-state index contributed by atoms with van der Waals surface area (Å²) in [5, 5.41) is 3.48. The molecule has 0 saturated heterocycles. The van der Waals surface area contributed by atoms with Crippen molar-refractivity contribution in [1.82, 2.24) is 5.32 Å². The van der Waals surface area contributed by atoms with Gasteiger partial charge in [-0.1, -0.05) is 72.8 Å². The van der Waals surface area contributed by atoms with E-state index >= 15 is 0 Å². The van der Waals surface area contributed by atoms with Crippen molar-refractivity contribution in [3.8, 4) is 33.4 Å². The highest BCUT2D eigenvalue weighted by atomic mass is 14.9. The normalized spacial score (nSPS) is 15.0. The van der Waals surface area contributed by atoms with E-state index in [1.165, 1.54) is 81.3 Å². The monoisotopic (exact) mass is 443 g/mol. The molecule has 0 spiro atoms. The zero-order valence-electron chi connectivity index (χ0n) is 20.4. The number of nitrogens with one attached hydrogen (secondary N) is 1. The lowest BCUT2D eigenvalue weighted by molar-refractivity contribution is 0.644. The summed E-state index contributed by atoms with van der Waals surface area (Å²) in [6, 6.07) is 27.8. The third kappa shape index (κ3) is 3.79. The van der Waals surface area contributed by atoms with Crippen molar-refractivity contribution in [1.29, 1.82) is 0 Å². The van der Waals surface area contributed by atoms with Gasteiger partial charge in [-0.25, -0.2) is 0 Å². The predicted molar refractivity (Wildman–Crippen MR) is 144 cm³/mol. The van der Waals surface area contributed by atoms with Gasteiger partial charge in [-0.2, -0.15) is 0 Å². The maximum absolute atomic E-state index is 3.48. The molecule has 0 bridgehead atoms. The molecule has 0 fully saturated rings. The Labute approximate surface area is 203 Å². The molecule has 34 heavy (non-hydrogen) atoms. The summed E-state index contributed by atoms with van der Waals surface area (Å²) in [7, 11) is 0. The Morgan fingerprint density at radius 3 is 1.71 bits per heavy atom. The van der Waals surface area contributed by atoms with E-state index in [9.17, 15) is 0 Å². The maximum atomic E-state index is 3.48. The SMILES string of the molecule is Cc1c(-c2ccc3c(c2)CCCC3)cccc1-c1cccc(-c2ccc3c(c2)CCNC3)c1C. The minimum absolute atomic E-state index is 0.989. The standard InChI is InChI=1S/C33H33N/c1-22-30(27-14-13-24-7-3-4-8-25(24)19-27)9-5-11-32(22)33-12-6-10-31(23(33)2)28-15-16-29-21-34-18-17-26(29)20-28/h5-6,9-16,19-20,34H,3-4,7-8,17-18,21H2,1-2H3. The summed E-state index contributed by atoms with van der Waals surface area (Å²) in [5.41, 5.74) is 16.9. The van der Waals surface area contributed by atoms with E-state index in [4.69, 9.17) is 0 Å². The molecule has 1 N–H and O–H groups in total. The zero-order chi connectivity index (χ0) is 23.1. The van der Waals surface area contributed by atoms with Crippen LogP contribution in [0, 0.1) is 13.8 Å². The molecule has 1 aliphatic carbocycles. The Morgan fingerprint density at radius 2 is 1.06 bits per heavy atom. The van der Waals surface area contributed by atoms with E-state index < -0.39 is 0 Å². The first kappa shape index (κ1) is 21.4.